The lowest BCUT2D eigenvalue weighted by molar-refractivity contribution is 0.0696. The second-order valence-electron chi connectivity index (χ2n) is 13.1. The van der Waals surface area contributed by atoms with Gasteiger partial charge in [0.05, 0.1) is 37.7 Å². The molecule has 5 aromatic rings. The van der Waals surface area contributed by atoms with Gasteiger partial charge in [-0.2, -0.15) is 0 Å². The van der Waals surface area contributed by atoms with Gasteiger partial charge in [-0.3, -0.25) is 4.79 Å². The fourth-order valence-corrected chi connectivity index (χ4v) is 7.81. The van der Waals surface area contributed by atoms with Crippen LogP contribution in [0, 0.1) is 17.8 Å². The summed E-state index contributed by atoms with van der Waals surface area (Å²) in [7, 11) is 5.29. The van der Waals surface area contributed by atoms with Gasteiger partial charge in [0.2, 0.25) is 0 Å². The van der Waals surface area contributed by atoms with Gasteiger partial charge < -0.3 is 28.6 Å². The number of benzene rings is 2. The number of aliphatic hydroxyl groups excluding tert-OH is 1. The fraction of sp³-hybridized carbons (Fsp3) is 0.417. The molecule has 45 heavy (non-hydrogen) atoms. The number of nitrogens with zero attached hydrogens (tertiary/aromatic N) is 5. The van der Waals surface area contributed by atoms with Gasteiger partial charge in [-0.25, -0.2) is 9.97 Å². The zero-order valence-electron chi connectivity index (χ0n) is 26.3. The van der Waals surface area contributed by atoms with Crippen LogP contribution in [0.5, 0.6) is 11.5 Å². The molecule has 4 heterocycles. The SMILES string of the molecule is COc1ccc(-c2ccc3cc(-c4nc5cc(C(=O)N6CC7CCC6[C@@H]7C)cc(OC)c5n4C)n(CC4CC4)c3n2)c(CO)c1. The molecule has 9 nitrogen and oxygen atoms in total. The highest BCUT2D eigenvalue weighted by Crippen LogP contribution is 2.44. The molecule has 1 N–H and O–H groups in total. The number of aryl methyl sites for hydroxylation is 1. The van der Waals surface area contributed by atoms with E-state index in [4.69, 9.17) is 19.4 Å². The maximum absolute atomic E-state index is 13.8. The Bertz CT molecular complexity index is 1970. The Hall–Kier alpha value is -4.37. The Morgan fingerprint density at radius 1 is 1.00 bits per heavy atom. The number of fused-ring (bicyclic) bond motifs is 4. The Balaban J connectivity index is 1.24. The number of aromatic nitrogens is 4. The van der Waals surface area contributed by atoms with Crippen molar-refractivity contribution >= 4 is 28.0 Å². The first-order valence-corrected chi connectivity index (χ1v) is 16.0. The van der Waals surface area contributed by atoms with E-state index in [1.807, 2.05) is 43.4 Å². The van der Waals surface area contributed by atoms with E-state index in [1.54, 1.807) is 14.2 Å². The maximum atomic E-state index is 13.8. The van der Waals surface area contributed by atoms with Gasteiger partial charge in [0, 0.05) is 42.7 Å². The average Bonchev–Trinajstić information content (AvgIpc) is 3.47. The van der Waals surface area contributed by atoms with Crippen molar-refractivity contribution in [2.45, 2.75) is 51.8 Å². The number of carbonyl (C=O) groups is 1. The number of carbonyl (C=O) groups excluding carboxylic acids is 1. The van der Waals surface area contributed by atoms with Crippen LogP contribution in [0.15, 0.2) is 48.5 Å². The molecule has 2 aliphatic carbocycles. The number of aliphatic hydroxyl groups is 1. The van der Waals surface area contributed by atoms with Gasteiger partial charge in [0.1, 0.15) is 22.7 Å². The van der Waals surface area contributed by atoms with Gasteiger partial charge in [-0.1, -0.05) is 6.92 Å². The maximum Gasteiger partial charge on any atom is 0.254 e. The lowest BCUT2D eigenvalue weighted by atomic mass is 10.0. The van der Waals surface area contributed by atoms with Crippen molar-refractivity contribution in [2.24, 2.45) is 24.8 Å². The average molecular weight is 606 g/mol. The summed E-state index contributed by atoms with van der Waals surface area (Å²) in [6, 6.07) is 16.1. The monoisotopic (exact) mass is 605 g/mol. The molecule has 9 heteroatoms. The molecular formula is C36H39N5O4. The van der Waals surface area contributed by atoms with Crippen LogP contribution in [0.1, 0.15) is 48.5 Å². The molecule has 8 rings (SSSR count). The third-order valence-electron chi connectivity index (χ3n) is 10.5. The zero-order chi connectivity index (χ0) is 31.0. The van der Waals surface area contributed by atoms with Crippen molar-refractivity contribution in [2.75, 3.05) is 20.8 Å². The molecule has 2 unspecified atom stereocenters. The van der Waals surface area contributed by atoms with Crippen molar-refractivity contribution in [3.05, 3.63) is 59.7 Å². The number of methoxy groups -OCH3 is 2. The number of hydrogen-bond donors (Lipinski definition) is 1. The van der Waals surface area contributed by atoms with Crippen molar-refractivity contribution in [3.8, 4) is 34.3 Å². The molecule has 1 amide bonds. The van der Waals surface area contributed by atoms with E-state index in [1.165, 1.54) is 19.3 Å². The molecular weight excluding hydrogens is 566 g/mol. The number of likely N-dealkylation sites (tertiary alicyclic amines) is 1. The van der Waals surface area contributed by atoms with Gasteiger partial charge >= 0.3 is 0 Å². The number of imidazole rings is 1. The van der Waals surface area contributed by atoms with Crippen LogP contribution in [0.3, 0.4) is 0 Å². The van der Waals surface area contributed by atoms with Crippen LogP contribution in [0.25, 0.3) is 44.8 Å². The lowest BCUT2D eigenvalue weighted by Gasteiger charge is -2.27. The van der Waals surface area contributed by atoms with Gasteiger partial charge in [0.25, 0.3) is 5.91 Å². The molecule has 3 aromatic heterocycles. The zero-order valence-corrected chi connectivity index (χ0v) is 26.3. The lowest BCUT2D eigenvalue weighted by Crippen LogP contribution is -2.38. The summed E-state index contributed by atoms with van der Waals surface area (Å²) in [5, 5.41) is 11.1. The van der Waals surface area contributed by atoms with Gasteiger partial charge in [-0.05, 0) is 97.5 Å². The Morgan fingerprint density at radius 3 is 2.53 bits per heavy atom. The largest absolute Gasteiger partial charge is 0.497 e. The molecule has 0 radical (unpaired) electrons. The molecule has 1 aliphatic heterocycles. The van der Waals surface area contributed by atoms with Crippen LogP contribution in [-0.4, -0.2) is 61.8 Å². The van der Waals surface area contributed by atoms with Gasteiger partial charge in [0.15, 0.2) is 5.82 Å². The van der Waals surface area contributed by atoms with Crippen LogP contribution >= 0.6 is 0 Å². The van der Waals surface area contributed by atoms with Crippen molar-refractivity contribution in [3.63, 3.8) is 0 Å². The number of pyridine rings is 1. The van der Waals surface area contributed by atoms with Crippen molar-refractivity contribution < 1.29 is 19.4 Å². The quantitative estimate of drug-likeness (QED) is 0.232. The minimum atomic E-state index is -0.106. The highest BCUT2D eigenvalue weighted by atomic mass is 16.5. The second-order valence-corrected chi connectivity index (χ2v) is 13.1. The number of hydrogen-bond acceptors (Lipinski definition) is 6. The van der Waals surface area contributed by atoms with Crippen molar-refractivity contribution in [1.82, 2.24) is 24.0 Å². The second kappa shape index (κ2) is 10.6. The number of piperidine rings is 1. The van der Waals surface area contributed by atoms with Crippen LogP contribution in [0.2, 0.25) is 0 Å². The summed E-state index contributed by atoms with van der Waals surface area (Å²) in [4.78, 5) is 26.2. The minimum Gasteiger partial charge on any atom is -0.497 e. The fourth-order valence-electron chi connectivity index (χ4n) is 7.81. The smallest absolute Gasteiger partial charge is 0.254 e. The molecule has 3 aliphatic rings. The van der Waals surface area contributed by atoms with E-state index < -0.39 is 0 Å². The predicted molar refractivity (Wildman–Crippen MR) is 173 cm³/mol. The highest BCUT2D eigenvalue weighted by Gasteiger charge is 2.46. The summed E-state index contributed by atoms with van der Waals surface area (Å²) in [6.07, 6.45) is 4.71. The third kappa shape index (κ3) is 4.50. The molecule has 2 saturated carbocycles. The predicted octanol–water partition coefficient (Wildman–Crippen LogP) is 6.05. The molecule has 3 fully saturated rings. The Labute approximate surface area is 262 Å². The van der Waals surface area contributed by atoms with E-state index in [2.05, 4.69) is 33.1 Å². The van der Waals surface area contributed by atoms with Gasteiger partial charge in [-0.15, -0.1) is 0 Å². The van der Waals surface area contributed by atoms with Crippen LogP contribution in [0.4, 0.5) is 0 Å². The minimum absolute atomic E-state index is 0.0711. The summed E-state index contributed by atoms with van der Waals surface area (Å²) < 4.78 is 15.6. The molecule has 3 atom stereocenters. The molecule has 1 saturated heterocycles. The van der Waals surface area contributed by atoms with Crippen molar-refractivity contribution in [1.29, 1.82) is 0 Å². The van der Waals surface area contributed by atoms with E-state index in [0.717, 1.165) is 69.9 Å². The molecule has 232 valence electrons. The first-order chi connectivity index (χ1) is 21.9. The summed E-state index contributed by atoms with van der Waals surface area (Å²) in [5.41, 5.74) is 6.57. The van der Waals surface area contributed by atoms with E-state index >= 15 is 0 Å². The molecule has 0 spiro atoms. The Morgan fingerprint density at radius 2 is 1.84 bits per heavy atom. The number of rotatable bonds is 8. The number of amides is 1. The number of ether oxygens (including phenoxy) is 2. The highest BCUT2D eigenvalue weighted by molar-refractivity contribution is 6.00. The Kier molecular flexibility index (Phi) is 6.64. The van der Waals surface area contributed by atoms with Crippen LogP contribution in [-0.2, 0) is 20.2 Å². The topological polar surface area (TPSA) is 94.6 Å². The van der Waals surface area contributed by atoms with E-state index in [0.29, 0.717) is 40.9 Å². The van der Waals surface area contributed by atoms with Crippen LogP contribution < -0.4 is 9.47 Å². The summed E-state index contributed by atoms with van der Waals surface area (Å²) >= 11 is 0. The summed E-state index contributed by atoms with van der Waals surface area (Å²) in [6.45, 7) is 3.87. The van der Waals surface area contributed by atoms with E-state index in [-0.39, 0.29) is 12.5 Å². The van der Waals surface area contributed by atoms with E-state index in [9.17, 15) is 9.90 Å². The third-order valence-corrected chi connectivity index (χ3v) is 10.5. The normalized spacial score (nSPS) is 20.9. The standard InChI is InChI=1S/C36H39N5O4/c1-20-23-8-12-30(20)41(18-23)36(43)24-14-29-33(32(16-24)45-4)39(2)35(38-29)31-15-22-7-11-28(37-34(22)40(31)17-21-5-6-21)27-10-9-26(44-3)13-25(27)19-42/h7,9-11,13-16,20-21,23,30,42H,5-6,8,12,17-19H2,1-4H3/t20-,23?,30?/m1/s1. The summed E-state index contributed by atoms with van der Waals surface area (Å²) in [5.74, 6) is 4.00. The molecule has 2 aromatic carbocycles. The first-order valence-electron chi connectivity index (χ1n) is 16.0. The first kappa shape index (κ1) is 28.1. The molecule has 2 bridgehead atoms.